The van der Waals surface area contributed by atoms with Gasteiger partial charge in [-0.3, -0.25) is 4.79 Å². The lowest BCUT2D eigenvalue weighted by molar-refractivity contribution is 0.0939. The van der Waals surface area contributed by atoms with Gasteiger partial charge in [0.25, 0.3) is 0 Å². The van der Waals surface area contributed by atoms with Crippen molar-refractivity contribution in [3.8, 4) is 0 Å². The summed E-state index contributed by atoms with van der Waals surface area (Å²) >= 11 is 3.25. The number of Topliss-reactive ketones (excluding diaryl/α,β-unsaturated/α-hetero) is 1. The summed E-state index contributed by atoms with van der Waals surface area (Å²) in [5.41, 5.74) is 0. The predicted octanol–water partition coefficient (Wildman–Crippen LogP) is 2.63. The van der Waals surface area contributed by atoms with Crippen molar-refractivity contribution in [3.05, 3.63) is 22.6 Å². The van der Waals surface area contributed by atoms with Crippen LogP contribution in [0.1, 0.15) is 23.4 Å². The Morgan fingerprint density at radius 3 is 2.82 bits per heavy atom. The first-order valence-electron chi connectivity index (χ1n) is 3.56. The Labute approximate surface area is 72.7 Å². The van der Waals surface area contributed by atoms with Gasteiger partial charge in [-0.2, -0.15) is 0 Å². The lowest BCUT2D eigenvalue weighted by Gasteiger charge is -1.91. The molecule has 0 spiro atoms. The van der Waals surface area contributed by atoms with Crippen molar-refractivity contribution < 1.29 is 9.21 Å². The number of furan rings is 1. The zero-order valence-electron chi connectivity index (χ0n) is 5.84. The molecule has 0 amide bonds. The molecule has 58 valence electrons. The highest BCUT2D eigenvalue weighted by molar-refractivity contribution is 9.10. The van der Waals surface area contributed by atoms with E-state index in [1.807, 2.05) is 0 Å². The fraction of sp³-hybridized carbons (Fsp3) is 0.375. The minimum atomic E-state index is 0.141. The number of ketones is 1. The van der Waals surface area contributed by atoms with Crippen LogP contribution in [-0.2, 0) is 0 Å². The third-order valence-electron chi connectivity index (χ3n) is 1.79. The first kappa shape index (κ1) is 7.10. The van der Waals surface area contributed by atoms with Crippen molar-refractivity contribution in [3.63, 3.8) is 0 Å². The van der Waals surface area contributed by atoms with E-state index in [2.05, 4.69) is 15.9 Å². The maximum atomic E-state index is 11.4. The van der Waals surface area contributed by atoms with E-state index in [-0.39, 0.29) is 11.7 Å². The van der Waals surface area contributed by atoms with Crippen LogP contribution >= 0.6 is 15.9 Å². The number of carbonyl (C=O) groups is 1. The van der Waals surface area contributed by atoms with Crippen LogP contribution in [0, 0.1) is 5.92 Å². The average molecular weight is 215 g/mol. The molecule has 0 saturated heterocycles. The first-order chi connectivity index (χ1) is 5.29. The minimum absolute atomic E-state index is 0.141. The summed E-state index contributed by atoms with van der Waals surface area (Å²) in [5, 5.41) is 0. The first-order valence-corrected chi connectivity index (χ1v) is 4.35. The van der Waals surface area contributed by atoms with Crippen molar-refractivity contribution >= 4 is 21.7 Å². The van der Waals surface area contributed by atoms with Crippen LogP contribution in [0.2, 0.25) is 0 Å². The smallest absolute Gasteiger partial charge is 0.202 e. The molecule has 1 fully saturated rings. The molecule has 0 N–H and O–H groups in total. The molecule has 1 aliphatic rings. The second-order valence-electron chi connectivity index (χ2n) is 2.74. The minimum Gasteiger partial charge on any atom is -0.460 e. The number of hydrogen-bond donors (Lipinski definition) is 0. The topological polar surface area (TPSA) is 30.2 Å². The second kappa shape index (κ2) is 2.48. The maximum absolute atomic E-state index is 11.4. The lowest BCUT2D eigenvalue weighted by atomic mass is 10.2. The van der Waals surface area contributed by atoms with Crippen LogP contribution in [0.25, 0.3) is 0 Å². The molecule has 0 aliphatic heterocycles. The molecule has 1 aliphatic carbocycles. The van der Waals surface area contributed by atoms with Crippen molar-refractivity contribution in [1.29, 1.82) is 0 Å². The summed E-state index contributed by atoms with van der Waals surface area (Å²) in [6.07, 6.45) is 3.57. The van der Waals surface area contributed by atoms with E-state index >= 15 is 0 Å². The van der Waals surface area contributed by atoms with Gasteiger partial charge in [0.15, 0.2) is 5.76 Å². The van der Waals surface area contributed by atoms with Gasteiger partial charge < -0.3 is 4.42 Å². The normalized spacial score (nSPS) is 16.8. The molecule has 2 rings (SSSR count). The van der Waals surface area contributed by atoms with Crippen LogP contribution < -0.4 is 0 Å². The molecule has 0 radical (unpaired) electrons. The summed E-state index contributed by atoms with van der Waals surface area (Å²) in [4.78, 5) is 11.4. The third-order valence-corrected chi connectivity index (χ3v) is 2.41. The van der Waals surface area contributed by atoms with E-state index < -0.39 is 0 Å². The zero-order valence-corrected chi connectivity index (χ0v) is 7.43. The van der Waals surface area contributed by atoms with Crippen molar-refractivity contribution in [2.75, 3.05) is 0 Å². The summed E-state index contributed by atoms with van der Waals surface area (Å²) in [7, 11) is 0. The van der Waals surface area contributed by atoms with Gasteiger partial charge >= 0.3 is 0 Å². The van der Waals surface area contributed by atoms with Crippen molar-refractivity contribution in [2.24, 2.45) is 5.92 Å². The molecule has 3 heteroatoms. The second-order valence-corrected chi connectivity index (χ2v) is 3.59. The molecule has 0 atom stereocenters. The van der Waals surface area contributed by atoms with Gasteiger partial charge in [0.2, 0.25) is 5.78 Å². The molecule has 0 aromatic carbocycles. The Kier molecular flexibility index (Phi) is 1.60. The van der Waals surface area contributed by atoms with Gasteiger partial charge in [-0.05, 0) is 34.8 Å². The predicted molar refractivity (Wildman–Crippen MR) is 43.5 cm³/mol. The third kappa shape index (κ3) is 1.25. The fourth-order valence-corrected chi connectivity index (χ4v) is 1.40. The van der Waals surface area contributed by atoms with Crippen LogP contribution in [0.4, 0.5) is 0 Å². The van der Waals surface area contributed by atoms with Crippen LogP contribution in [0.5, 0.6) is 0 Å². The number of rotatable bonds is 2. The Hall–Kier alpha value is -0.570. The number of carbonyl (C=O) groups excluding carboxylic acids is 1. The molecule has 11 heavy (non-hydrogen) atoms. The van der Waals surface area contributed by atoms with E-state index in [4.69, 9.17) is 4.42 Å². The molecular formula is C8H7BrO2. The Balaban J connectivity index is 2.27. The molecule has 0 bridgehead atoms. The Morgan fingerprint density at radius 2 is 2.36 bits per heavy atom. The molecule has 1 heterocycles. The van der Waals surface area contributed by atoms with Gasteiger partial charge in [-0.25, -0.2) is 0 Å². The summed E-state index contributed by atoms with van der Waals surface area (Å²) in [6.45, 7) is 0. The fourth-order valence-electron chi connectivity index (χ4n) is 1.00. The van der Waals surface area contributed by atoms with E-state index in [9.17, 15) is 4.79 Å². The quantitative estimate of drug-likeness (QED) is 0.709. The van der Waals surface area contributed by atoms with Crippen molar-refractivity contribution in [2.45, 2.75) is 12.8 Å². The van der Waals surface area contributed by atoms with E-state index in [0.717, 1.165) is 17.3 Å². The number of hydrogen-bond acceptors (Lipinski definition) is 2. The van der Waals surface area contributed by atoms with Crippen LogP contribution in [0.15, 0.2) is 21.2 Å². The van der Waals surface area contributed by atoms with E-state index in [1.54, 1.807) is 6.07 Å². The standard InChI is InChI=1S/C8H7BrO2/c9-6-3-4-11-8(6)7(10)5-1-2-5/h3-5H,1-2H2. The highest BCUT2D eigenvalue weighted by Gasteiger charge is 2.33. The summed E-state index contributed by atoms with van der Waals surface area (Å²) in [5.74, 6) is 0.854. The monoisotopic (exact) mass is 214 g/mol. The largest absolute Gasteiger partial charge is 0.460 e. The van der Waals surface area contributed by atoms with Gasteiger partial charge in [0, 0.05) is 5.92 Å². The Morgan fingerprint density at radius 1 is 1.64 bits per heavy atom. The van der Waals surface area contributed by atoms with E-state index in [1.165, 1.54) is 6.26 Å². The van der Waals surface area contributed by atoms with Crippen LogP contribution in [-0.4, -0.2) is 5.78 Å². The maximum Gasteiger partial charge on any atom is 0.202 e. The highest BCUT2D eigenvalue weighted by atomic mass is 79.9. The van der Waals surface area contributed by atoms with E-state index in [0.29, 0.717) is 5.76 Å². The summed E-state index contributed by atoms with van der Waals surface area (Å²) in [6, 6.07) is 1.75. The summed E-state index contributed by atoms with van der Waals surface area (Å²) < 4.78 is 5.80. The molecule has 2 nitrogen and oxygen atoms in total. The van der Waals surface area contributed by atoms with Crippen LogP contribution in [0.3, 0.4) is 0 Å². The van der Waals surface area contributed by atoms with Gasteiger partial charge in [-0.15, -0.1) is 0 Å². The molecule has 1 aromatic heterocycles. The zero-order chi connectivity index (χ0) is 7.84. The Bertz CT molecular complexity index is 286. The van der Waals surface area contributed by atoms with Gasteiger partial charge in [0.05, 0.1) is 10.7 Å². The molecule has 1 aromatic rings. The number of halogens is 1. The average Bonchev–Trinajstić information content (AvgIpc) is 2.74. The molecular weight excluding hydrogens is 208 g/mol. The highest BCUT2D eigenvalue weighted by Crippen LogP contribution is 2.34. The lowest BCUT2D eigenvalue weighted by Crippen LogP contribution is -1.99. The van der Waals surface area contributed by atoms with Gasteiger partial charge in [0.1, 0.15) is 0 Å². The van der Waals surface area contributed by atoms with Crippen molar-refractivity contribution in [1.82, 2.24) is 0 Å². The molecule has 1 saturated carbocycles. The van der Waals surface area contributed by atoms with Gasteiger partial charge in [-0.1, -0.05) is 0 Å². The molecule has 0 unspecified atom stereocenters. The SMILES string of the molecule is O=C(c1occc1Br)C1CC1.